The molecule has 1 atom stereocenters. The maximum absolute atomic E-state index is 6.65. The number of aryl methyl sites for hydroxylation is 2. The maximum atomic E-state index is 6.65. The third-order valence-corrected chi connectivity index (χ3v) is 4.46. The molecule has 0 saturated carbocycles. The van der Waals surface area contributed by atoms with E-state index in [2.05, 4.69) is 12.1 Å². The highest BCUT2D eigenvalue weighted by Crippen LogP contribution is 2.36. The molecule has 0 aliphatic heterocycles. The van der Waals surface area contributed by atoms with Gasteiger partial charge in [-0.1, -0.05) is 35.9 Å². The van der Waals surface area contributed by atoms with Crippen LogP contribution < -0.4 is 4.74 Å². The van der Waals surface area contributed by atoms with Crippen LogP contribution in [0.2, 0.25) is 5.02 Å². The van der Waals surface area contributed by atoms with Gasteiger partial charge in [0, 0.05) is 5.02 Å². The van der Waals surface area contributed by atoms with E-state index in [-0.39, 0.29) is 5.38 Å². The molecule has 3 heteroatoms. The minimum atomic E-state index is -0.211. The lowest BCUT2D eigenvalue weighted by atomic mass is 9.96. The van der Waals surface area contributed by atoms with Crippen molar-refractivity contribution in [1.82, 2.24) is 0 Å². The highest BCUT2D eigenvalue weighted by molar-refractivity contribution is 6.31. The molecule has 0 radical (unpaired) electrons. The molecule has 20 heavy (non-hydrogen) atoms. The van der Waals surface area contributed by atoms with Gasteiger partial charge in [-0.05, 0) is 54.7 Å². The number of hydrogen-bond acceptors (Lipinski definition) is 1. The summed E-state index contributed by atoms with van der Waals surface area (Å²) >= 11 is 12.8. The molecule has 0 aliphatic carbocycles. The van der Waals surface area contributed by atoms with Crippen LogP contribution in [0, 0.1) is 20.8 Å². The van der Waals surface area contributed by atoms with Crippen molar-refractivity contribution in [3.63, 3.8) is 0 Å². The number of rotatable bonds is 3. The first-order chi connectivity index (χ1) is 9.45. The zero-order chi connectivity index (χ0) is 14.9. The number of hydrogen-bond donors (Lipinski definition) is 0. The van der Waals surface area contributed by atoms with Crippen molar-refractivity contribution in [2.45, 2.75) is 26.1 Å². The van der Waals surface area contributed by atoms with Crippen LogP contribution in [-0.2, 0) is 0 Å². The van der Waals surface area contributed by atoms with Gasteiger partial charge < -0.3 is 4.74 Å². The number of ether oxygens (including phenoxy) is 1. The van der Waals surface area contributed by atoms with Gasteiger partial charge in [-0.25, -0.2) is 0 Å². The van der Waals surface area contributed by atoms with Crippen molar-refractivity contribution in [3.05, 3.63) is 63.2 Å². The smallest absolute Gasteiger partial charge is 0.124 e. The molecule has 0 heterocycles. The zero-order valence-corrected chi connectivity index (χ0v) is 13.6. The molecule has 0 fully saturated rings. The number of benzene rings is 2. The van der Waals surface area contributed by atoms with Gasteiger partial charge >= 0.3 is 0 Å². The molecule has 0 aliphatic rings. The summed E-state index contributed by atoms with van der Waals surface area (Å²) in [4.78, 5) is 0. The van der Waals surface area contributed by atoms with Gasteiger partial charge in [0.25, 0.3) is 0 Å². The van der Waals surface area contributed by atoms with Gasteiger partial charge in [-0.3, -0.25) is 0 Å². The van der Waals surface area contributed by atoms with Crippen LogP contribution in [0.5, 0.6) is 5.75 Å². The van der Waals surface area contributed by atoms with E-state index < -0.39 is 0 Å². The first-order valence-corrected chi connectivity index (χ1v) is 7.31. The van der Waals surface area contributed by atoms with Crippen molar-refractivity contribution >= 4 is 23.2 Å². The molecule has 0 bridgehead atoms. The minimum absolute atomic E-state index is 0.211. The fourth-order valence-electron chi connectivity index (χ4n) is 2.53. The van der Waals surface area contributed by atoms with Gasteiger partial charge in [-0.2, -0.15) is 0 Å². The van der Waals surface area contributed by atoms with E-state index in [0.29, 0.717) is 0 Å². The Hall–Kier alpha value is -1.18. The number of alkyl halides is 1. The van der Waals surface area contributed by atoms with Crippen LogP contribution in [0.4, 0.5) is 0 Å². The summed E-state index contributed by atoms with van der Waals surface area (Å²) in [6, 6.07) is 9.99. The van der Waals surface area contributed by atoms with E-state index in [1.807, 2.05) is 39.0 Å². The normalized spacial score (nSPS) is 12.3. The summed E-state index contributed by atoms with van der Waals surface area (Å²) in [6.07, 6.45) is 0. The zero-order valence-electron chi connectivity index (χ0n) is 12.1. The number of methoxy groups -OCH3 is 1. The molecule has 1 unspecified atom stereocenters. The summed E-state index contributed by atoms with van der Waals surface area (Å²) in [5.74, 6) is 0.917. The van der Waals surface area contributed by atoms with E-state index in [4.69, 9.17) is 27.9 Å². The molecule has 0 N–H and O–H groups in total. The van der Waals surface area contributed by atoms with Crippen molar-refractivity contribution in [1.29, 1.82) is 0 Å². The molecular weight excluding hydrogens is 291 g/mol. The van der Waals surface area contributed by atoms with Gasteiger partial charge in [0.1, 0.15) is 5.75 Å². The average molecular weight is 309 g/mol. The Morgan fingerprint density at radius 2 is 1.65 bits per heavy atom. The van der Waals surface area contributed by atoms with Gasteiger partial charge in [0.05, 0.1) is 12.5 Å². The van der Waals surface area contributed by atoms with E-state index in [0.717, 1.165) is 38.6 Å². The lowest BCUT2D eigenvalue weighted by Gasteiger charge is -2.17. The van der Waals surface area contributed by atoms with Crippen LogP contribution >= 0.6 is 23.2 Å². The first-order valence-electron chi connectivity index (χ1n) is 6.50. The second-order valence-electron chi connectivity index (χ2n) is 5.00. The monoisotopic (exact) mass is 308 g/mol. The summed E-state index contributed by atoms with van der Waals surface area (Å²) in [7, 11) is 1.69. The molecule has 2 aromatic carbocycles. The Bertz CT molecular complexity index is 612. The third-order valence-electron chi connectivity index (χ3n) is 3.56. The summed E-state index contributed by atoms with van der Waals surface area (Å²) in [6.45, 7) is 6.06. The fraction of sp³-hybridized carbons (Fsp3) is 0.294. The highest BCUT2D eigenvalue weighted by Gasteiger charge is 2.17. The molecule has 0 amide bonds. The van der Waals surface area contributed by atoms with E-state index in [1.54, 1.807) is 7.11 Å². The SMILES string of the molecule is COc1c(C)cc(C(Cl)c2cccc(Cl)c2C)cc1C. The molecule has 2 rings (SSSR count). The highest BCUT2D eigenvalue weighted by atomic mass is 35.5. The van der Waals surface area contributed by atoms with E-state index >= 15 is 0 Å². The fourth-order valence-corrected chi connectivity index (χ4v) is 3.07. The predicted molar refractivity (Wildman–Crippen MR) is 86.4 cm³/mol. The van der Waals surface area contributed by atoms with Crippen molar-refractivity contribution < 1.29 is 4.74 Å². The second-order valence-corrected chi connectivity index (χ2v) is 5.85. The summed E-state index contributed by atoms with van der Waals surface area (Å²) in [5.41, 5.74) is 5.32. The van der Waals surface area contributed by atoms with Crippen molar-refractivity contribution in [2.75, 3.05) is 7.11 Å². The minimum Gasteiger partial charge on any atom is -0.496 e. The van der Waals surface area contributed by atoms with Crippen LogP contribution in [0.25, 0.3) is 0 Å². The molecule has 0 aromatic heterocycles. The van der Waals surface area contributed by atoms with Crippen molar-refractivity contribution in [3.8, 4) is 5.75 Å². The van der Waals surface area contributed by atoms with Crippen LogP contribution in [0.3, 0.4) is 0 Å². The lowest BCUT2D eigenvalue weighted by Crippen LogP contribution is -2.00. The molecule has 1 nitrogen and oxygen atoms in total. The van der Waals surface area contributed by atoms with Gasteiger partial charge in [-0.15, -0.1) is 11.6 Å². The second kappa shape index (κ2) is 6.07. The van der Waals surface area contributed by atoms with Crippen LogP contribution in [0.1, 0.15) is 33.2 Å². The number of halogens is 2. The maximum Gasteiger partial charge on any atom is 0.124 e. The quantitative estimate of drug-likeness (QED) is 0.670. The molecule has 106 valence electrons. The first kappa shape index (κ1) is 15.2. The molecule has 2 aromatic rings. The average Bonchev–Trinajstić information content (AvgIpc) is 2.41. The lowest BCUT2D eigenvalue weighted by molar-refractivity contribution is 0.408. The van der Waals surface area contributed by atoms with Crippen LogP contribution in [-0.4, -0.2) is 7.11 Å². The summed E-state index contributed by atoms with van der Waals surface area (Å²) < 4.78 is 5.39. The Balaban J connectivity index is 2.49. The third kappa shape index (κ3) is 2.79. The molecule has 0 spiro atoms. The Morgan fingerprint density at radius 1 is 1.05 bits per heavy atom. The largest absolute Gasteiger partial charge is 0.496 e. The van der Waals surface area contributed by atoms with Crippen molar-refractivity contribution in [2.24, 2.45) is 0 Å². The van der Waals surface area contributed by atoms with Gasteiger partial charge in [0.2, 0.25) is 0 Å². The van der Waals surface area contributed by atoms with Gasteiger partial charge in [0.15, 0.2) is 0 Å². The summed E-state index contributed by atoms with van der Waals surface area (Å²) in [5, 5.41) is 0.534. The molecular formula is C17H18Cl2O. The predicted octanol–water partition coefficient (Wildman–Crippen LogP) is 5.60. The van der Waals surface area contributed by atoms with E-state index in [1.165, 1.54) is 0 Å². The Kier molecular flexibility index (Phi) is 4.62. The Labute approximate surface area is 130 Å². The van der Waals surface area contributed by atoms with Crippen LogP contribution in [0.15, 0.2) is 30.3 Å². The molecule has 0 saturated heterocycles. The Morgan fingerprint density at radius 3 is 2.20 bits per heavy atom. The standard InChI is InChI=1S/C17H18Cl2O/c1-10-8-13(9-11(2)17(10)20-4)16(19)14-6-5-7-15(18)12(14)3/h5-9,16H,1-4H3. The topological polar surface area (TPSA) is 9.23 Å². The van der Waals surface area contributed by atoms with E-state index in [9.17, 15) is 0 Å².